The molecule has 2 heterocycles. The van der Waals surface area contributed by atoms with Crippen LogP contribution in [0.25, 0.3) is 16.5 Å². The maximum absolute atomic E-state index is 6.12. The maximum atomic E-state index is 6.12. The molecule has 94 valence electrons. The molecule has 0 aliphatic carbocycles. The van der Waals surface area contributed by atoms with Crippen LogP contribution < -0.4 is 0 Å². The Labute approximate surface area is 112 Å². The number of rotatable bonds is 1. The normalized spacial score (nSPS) is 17.2. The summed E-state index contributed by atoms with van der Waals surface area (Å²) < 4.78 is 0. The van der Waals surface area contributed by atoms with E-state index in [1.54, 1.807) is 0 Å². The monoisotopic (exact) mass is 260 g/mol. The van der Waals surface area contributed by atoms with Crippen molar-refractivity contribution in [3.63, 3.8) is 0 Å². The number of halogens is 1. The number of aromatic amines is 1. The predicted molar refractivity (Wildman–Crippen MR) is 78.1 cm³/mol. The van der Waals surface area contributed by atoms with E-state index in [0.717, 1.165) is 24.5 Å². The highest BCUT2D eigenvalue weighted by atomic mass is 35.5. The van der Waals surface area contributed by atoms with Gasteiger partial charge < -0.3 is 9.88 Å². The lowest BCUT2D eigenvalue weighted by Crippen LogP contribution is -2.23. The molecule has 3 heteroatoms. The van der Waals surface area contributed by atoms with Crippen molar-refractivity contribution in [1.29, 1.82) is 0 Å². The lowest BCUT2D eigenvalue weighted by Gasteiger charge is -2.22. The number of nitrogens with one attached hydrogen (secondary N) is 1. The van der Waals surface area contributed by atoms with Gasteiger partial charge in [0, 0.05) is 40.3 Å². The molecule has 1 aliphatic rings. The summed E-state index contributed by atoms with van der Waals surface area (Å²) in [5, 5.41) is 2.05. The molecule has 0 saturated carbocycles. The van der Waals surface area contributed by atoms with E-state index in [1.165, 1.54) is 27.7 Å². The minimum absolute atomic E-state index is 0.802. The molecule has 0 radical (unpaired) electrons. The molecule has 0 spiro atoms. The van der Waals surface area contributed by atoms with Crippen molar-refractivity contribution in [3.05, 3.63) is 40.6 Å². The second kappa shape index (κ2) is 4.45. The Bertz CT molecular complexity index is 625. The van der Waals surface area contributed by atoms with Crippen LogP contribution in [0.4, 0.5) is 0 Å². The first kappa shape index (κ1) is 11.8. The average Bonchev–Trinajstić information content (AvgIpc) is 2.66. The van der Waals surface area contributed by atoms with Gasteiger partial charge in [0.15, 0.2) is 0 Å². The Balaban J connectivity index is 2.16. The van der Waals surface area contributed by atoms with Gasteiger partial charge in [0.05, 0.1) is 0 Å². The van der Waals surface area contributed by atoms with Gasteiger partial charge in [-0.3, -0.25) is 0 Å². The Morgan fingerprint density at radius 3 is 2.89 bits per heavy atom. The molecule has 1 aromatic carbocycles. The molecular formula is C15H17ClN2. The molecule has 1 aliphatic heterocycles. The minimum atomic E-state index is 0.802. The number of benzene rings is 1. The van der Waals surface area contributed by atoms with Gasteiger partial charge in [0.1, 0.15) is 0 Å². The summed E-state index contributed by atoms with van der Waals surface area (Å²) in [6.45, 7) is 4.29. The molecule has 1 aromatic heterocycles. The standard InChI is InChI=1S/C15H17ClN2/c1-10-15(11-5-7-18(2)8-6-11)13-9-12(16)3-4-14(13)17-10/h3-5,9,17H,6-8H2,1-2H3. The Kier molecular flexibility index (Phi) is 2.92. The summed E-state index contributed by atoms with van der Waals surface area (Å²) in [5.41, 5.74) is 5.20. The molecule has 0 fully saturated rings. The third-order valence-electron chi connectivity index (χ3n) is 3.68. The van der Waals surface area contributed by atoms with Crippen molar-refractivity contribution in [2.75, 3.05) is 20.1 Å². The molecular weight excluding hydrogens is 244 g/mol. The minimum Gasteiger partial charge on any atom is -0.358 e. The van der Waals surface area contributed by atoms with Crippen LogP contribution in [0.3, 0.4) is 0 Å². The number of hydrogen-bond acceptors (Lipinski definition) is 1. The smallest absolute Gasteiger partial charge is 0.0463 e. The second-order valence-electron chi connectivity index (χ2n) is 5.06. The van der Waals surface area contributed by atoms with Gasteiger partial charge in [0.2, 0.25) is 0 Å². The topological polar surface area (TPSA) is 19.0 Å². The lowest BCUT2D eigenvalue weighted by atomic mass is 9.97. The summed E-state index contributed by atoms with van der Waals surface area (Å²) in [6.07, 6.45) is 3.44. The number of likely N-dealkylation sites (N-methyl/N-ethyl adjacent to an activating group) is 1. The van der Waals surface area contributed by atoms with Crippen LogP contribution in [0.15, 0.2) is 24.3 Å². The highest BCUT2D eigenvalue weighted by Crippen LogP contribution is 2.33. The lowest BCUT2D eigenvalue weighted by molar-refractivity contribution is 0.370. The molecule has 0 atom stereocenters. The first-order chi connectivity index (χ1) is 8.65. The van der Waals surface area contributed by atoms with Crippen molar-refractivity contribution in [1.82, 2.24) is 9.88 Å². The van der Waals surface area contributed by atoms with Gasteiger partial charge in [0.25, 0.3) is 0 Å². The van der Waals surface area contributed by atoms with Crippen LogP contribution in [0.1, 0.15) is 17.7 Å². The predicted octanol–water partition coefficient (Wildman–Crippen LogP) is 3.85. The summed E-state index contributed by atoms with van der Waals surface area (Å²) in [6, 6.07) is 6.06. The molecule has 18 heavy (non-hydrogen) atoms. The second-order valence-corrected chi connectivity index (χ2v) is 5.49. The fourth-order valence-electron chi connectivity index (χ4n) is 2.71. The number of nitrogens with zero attached hydrogens (tertiary/aromatic N) is 1. The largest absolute Gasteiger partial charge is 0.358 e. The number of H-pyrrole nitrogens is 1. The van der Waals surface area contributed by atoms with E-state index in [4.69, 9.17) is 11.6 Å². The maximum Gasteiger partial charge on any atom is 0.0463 e. The highest BCUT2D eigenvalue weighted by Gasteiger charge is 2.16. The van der Waals surface area contributed by atoms with E-state index in [2.05, 4.69) is 42.1 Å². The highest BCUT2D eigenvalue weighted by molar-refractivity contribution is 6.31. The van der Waals surface area contributed by atoms with Crippen LogP contribution >= 0.6 is 11.6 Å². The Hall–Kier alpha value is -1.25. The van der Waals surface area contributed by atoms with Crippen molar-refractivity contribution < 1.29 is 0 Å². The van der Waals surface area contributed by atoms with Crippen LogP contribution in [0.2, 0.25) is 5.02 Å². The van der Waals surface area contributed by atoms with Gasteiger partial charge in [-0.1, -0.05) is 17.7 Å². The van der Waals surface area contributed by atoms with Crippen LogP contribution in [0, 0.1) is 6.92 Å². The van der Waals surface area contributed by atoms with E-state index in [9.17, 15) is 0 Å². The van der Waals surface area contributed by atoms with E-state index >= 15 is 0 Å². The van der Waals surface area contributed by atoms with Crippen molar-refractivity contribution in [3.8, 4) is 0 Å². The van der Waals surface area contributed by atoms with Gasteiger partial charge in [-0.15, -0.1) is 0 Å². The van der Waals surface area contributed by atoms with Gasteiger partial charge in [-0.25, -0.2) is 0 Å². The third-order valence-corrected chi connectivity index (χ3v) is 3.92. The van der Waals surface area contributed by atoms with E-state index in [1.807, 2.05) is 6.07 Å². The van der Waals surface area contributed by atoms with E-state index in [0.29, 0.717) is 0 Å². The summed E-state index contributed by atoms with van der Waals surface area (Å²) >= 11 is 6.12. The zero-order chi connectivity index (χ0) is 12.7. The number of aromatic nitrogens is 1. The number of hydrogen-bond donors (Lipinski definition) is 1. The van der Waals surface area contributed by atoms with Crippen molar-refractivity contribution in [2.24, 2.45) is 0 Å². The van der Waals surface area contributed by atoms with E-state index in [-0.39, 0.29) is 0 Å². The van der Waals surface area contributed by atoms with Crippen LogP contribution in [-0.4, -0.2) is 30.0 Å². The zero-order valence-electron chi connectivity index (χ0n) is 10.8. The summed E-state index contributed by atoms with van der Waals surface area (Å²) in [5.74, 6) is 0. The summed E-state index contributed by atoms with van der Waals surface area (Å²) in [7, 11) is 2.16. The zero-order valence-corrected chi connectivity index (χ0v) is 11.5. The quantitative estimate of drug-likeness (QED) is 0.825. The first-order valence-corrected chi connectivity index (χ1v) is 6.69. The average molecular weight is 261 g/mol. The number of fused-ring (bicyclic) bond motifs is 1. The molecule has 2 nitrogen and oxygen atoms in total. The van der Waals surface area contributed by atoms with Crippen LogP contribution in [-0.2, 0) is 0 Å². The Morgan fingerprint density at radius 1 is 1.33 bits per heavy atom. The van der Waals surface area contributed by atoms with Gasteiger partial charge >= 0.3 is 0 Å². The first-order valence-electron chi connectivity index (χ1n) is 6.31. The van der Waals surface area contributed by atoms with Gasteiger partial charge in [-0.05, 0) is 44.2 Å². The SMILES string of the molecule is Cc1[nH]c2ccc(Cl)cc2c1C1=CCN(C)CC1. The molecule has 0 saturated heterocycles. The third kappa shape index (κ3) is 1.96. The van der Waals surface area contributed by atoms with Crippen molar-refractivity contribution >= 4 is 28.1 Å². The van der Waals surface area contributed by atoms with Gasteiger partial charge in [-0.2, -0.15) is 0 Å². The fourth-order valence-corrected chi connectivity index (χ4v) is 2.88. The molecule has 0 amide bonds. The van der Waals surface area contributed by atoms with Crippen molar-refractivity contribution in [2.45, 2.75) is 13.3 Å². The molecule has 2 aromatic rings. The fraction of sp³-hybridized carbons (Fsp3) is 0.333. The Morgan fingerprint density at radius 2 is 2.17 bits per heavy atom. The molecule has 1 N–H and O–H groups in total. The van der Waals surface area contributed by atoms with E-state index < -0.39 is 0 Å². The molecule has 0 unspecified atom stereocenters. The number of aryl methyl sites for hydroxylation is 1. The van der Waals surface area contributed by atoms with Crippen LogP contribution in [0.5, 0.6) is 0 Å². The molecule has 0 bridgehead atoms. The molecule has 3 rings (SSSR count). The summed E-state index contributed by atoms with van der Waals surface area (Å²) in [4.78, 5) is 5.78.